The van der Waals surface area contributed by atoms with E-state index in [1.807, 2.05) is 30.3 Å². The number of ether oxygens (including phenoxy) is 3. The fraction of sp³-hybridized carbons (Fsp3) is 0.222. The summed E-state index contributed by atoms with van der Waals surface area (Å²) >= 11 is 1.36. The zero-order valence-electron chi connectivity index (χ0n) is 14.2. The highest BCUT2D eigenvalue weighted by atomic mass is 32.1. The van der Waals surface area contributed by atoms with Gasteiger partial charge < -0.3 is 19.5 Å². The molecule has 6 nitrogen and oxygen atoms in total. The predicted molar refractivity (Wildman–Crippen MR) is 97.8 cm³/mol. The van der Waals surface area contributed by atoms with E-state index in [0.717, 1.165) is 33.0 Å². The molecule has 1 aromatic carbocycles. The van der Waals surface area contributed by atoms with Crippen molar-refractivity contribution >= 4 is 33.2 Å². The Morgan fingerprint density at radius 1 is 1.16 bits per heavy atom. The summed E-state index contributed by atoms with van der Waals surface area (Å²) in [6.45, 7) is 0.532. The molecule has 0 aliphatic rings. The molecule has 0 saturated carbocycles. The fourth-order valence-electron chi connectivity index (χ4n) is 2.47. The molecule has 7 heteroatoms. The second-order valence-electron chi connectivity index (χ2n) is 5.21. The number of rotatable bonds is 6. The largest absolute Gasteiger partial charge is 0.497 e. The lowest BCUT2D eigenvalue weighted by molar-refractivity contribution is 0.0606. The molecule has 0 radical (unpaired) electrons. The zero-order valence-corrected chi connectivity index (χ0v) is 15.0. The number of benzene rings is 1. The number of anilines is 1. The molecule has 0 aliphatic heterocycles. The maximum absolute atomic E-state index is 11.7. The monoisotopic (exact) mass is 358 g/mol. The fourth-order valence-corrected chi connectivity index (χ4v) is 3.51. The number of fused-ring (bicyclic) bond motifs is 1. The molecule has 0 spiro atoms. The molecule has 130 valence electrons. The highest BCUT2D eigenvalue weighted by Gasteiger charge is 2.14. The molecule has 0 saturated heterocycles. The standard InChI is InChI=1S/C18H18N2O4S/c1-22-13-5-4-12(14(9-13)23-2)10-20-17-16-11(6-7-19-17)8-15(25-16)18(21)24-3/h4-9H,10H2,1-3H3,(H,19,20). The Morgan fingerprint density at radius 3 is 2.72 bits per heavy atom. The maximum atomic E-state index is 11.7. The average molecular weight is 358 g/mol. The van der Waals surface area contributed by atoms with E-state index in [4.69, 9.17) is 14.2 Å². The summed E-state index contributed by atoms with van der Waals surface area (Å²) in [6, 6.07) is 9.35. The molecule has 0 amide bonds. The third-order valence-corrected chi connectivity index (χ3v) is 4.90. The number of esters is 1. The van der Waals surface area contributed by atoms with Crippen molar-refractivity contribution in [3.8, 4) is 11.5 Å². The average Bonchev–Trinajstić information content (AvgIpc) is 3.10. The van der Waals surface area contributed by atoms with Crippen molar-refractivity contribution in [3.63, 3.8) is 0 Å². The molecule has 0 bridgehead atoms. The van der Waals surface area contributed by atoms with Crippen LogP contribution in [0.2, 0.25) is 0 Å². The second-order valence-corrected chi connectivity index (χ2v) is 6.26. The van der Waals surface area contributed by atoms with Gasteiger partial charge in [-0.1, -0.05) is 0 Å². The van der Waals surface area contributed by atoms with Gasteiger partial charge in [0.05, 0.1) is 26.0 Å². The number of nitrogens with one attached hydrogen (secondary N) is 1. The van der Waals surface area contributed by atoms with Crippen LogP contribution in [0.5, 0.6) is 11.5 Å². The molecule has 0 atom stereocenters. The van der Waals surface area contributed by atoms with Gasteiger partial charge >= 0.3 is 5.97 Å². The quantitative estimate of drug-likeness (QED) is 0.678. The van der Waals surface area contributed by atoms with Crippen molar-refractivity contribution in [2.75, 3.05) is 26.6 Å². The number of nitrogens with zero attached hydrogens (tertiary/aromatic N) is 1. The zero-order chi connectivity index (χ0) is 17.8. The van der Waals surface area contributed by atoms with Gasteiger partial charge in [-0.15, -0.1) is 11.3 Å². The molecule has 0 unspecified atom stereocenters. The van der Waals surface area contributed by atoms with Crippen LogP contribution in [-0.2, 0) is 11.3 Å². The normalized spacial score (nSPS) is 10.5. The van der Waals surface area contributed by atoms with Crippen molar-refractivity contribution in [2.24, 2.45) is 0 Å². The Bertz CT molecular complexity index is 907. The summed E-state index contributed by atoms with van der Waals surface area (Å²) in [4.78, 5) is 16.7. The van der Waals surface area contributed by atoms with Crippen LogP contribution in [0.25, 0.3) is 10.1 Å². The van der Waals surface area contributed by atoms with Crippen molar-refractivity contribution in [3.05, 3.63) is 47.0 Å². The Morgan fingerprint density at radius 2 is 2.00 bits per heavy atom. The molecule has 3 rings (SSSR count). The smallest absolute Gasteiger partial charge is 0.348 e. The van der Waals surface area contributed by atoms with Crippen LogP contribution in [-0.4, -0.2) is 32.3 Å². The Labute approximate surface area is 149 Å². The van der Waals surface area contributed by atoms with E-state index in [1.54, 1.807) is 20.4 Å². The molecule has 2 heterocycles. The van der Waals surface area contributed by atoms with E-state index in [-0.39, 0.29) is 5.97 Å². The van der Waals surface area contributed by atoms with Gasteiger partial charge in [0, 0.05) is 24.4 Å². The minimum absolute atomic E-state index is 0.344. The van der Waals surface area contributed by atoms with E-state index < -0.39 is 0 Å². The maximum Gasteiger partial charge on any atom is 0.348 e. The Balaban J connectivity index is 1.86. The van der Waals surface area contributed by atoms with E-state index >= 15 is 0 Å². The number of hydrogen-bond acceptors (Lipinski definition) is 7. The van der Waals surface area contributed by atoms with Crippen LogP contribution in [0.1, 0.15) is 15.2 Å². The molecule has 0 fully saturated rings. The minimum atomic E-state index is -0.344. The lowest BCUT2D eigenvalue weighted by Gasteiger charge is -2.12. The highest BCUT2D eigenvalue weighted by molar-refractivity contribution is 7.21. The molecular formula is C18H18N2O4S. The topological polar surface area (TPSA) is 69.7 Å². The molecule has 2 aromatic heterocycles. The lowest BCUT2D eigenvalue weighted by atomic mass is 10.2. The van der Waals surface area contributed by atoms with E-state index in [1.165, 1.54) is 18.4 Å². The first-order chi connectivity index (χ1) is 12.2. The molecule has 1 N–H and O–H groups in total. The summed E-state index contributed by atoms with van der Waals surface area (Å²) in [6.07, 6.45) is 1.71. The van der Waals surface area contributed by atoms with Gasteiger partial charge in [-0.05, 0) is 29.7 Å². The van der Waals surface area contributed by atoms with Gasteiger partial charge in [0.1, 0.15) is 22.2 Å². The van der Waals surface area contributed by atoms with Crippen LogP contribution in [0, 0.1) is 0 Å². The van der Waals surface area contributed by atoms with E-state index in [9.17, 15) is 4.79 Å². The van der Waals surface area contributed by atoms with Crippen LogP contribution < -0.4 is 14.8 Å². The summed E-state index contributed by atoms with van der Waals surface area (Å²) in [5, 5.41) is 4.26. The van der Waals surface area contributed by atoms with Gasteiger partial charge in [0.15, 0.2) is 0 Å². The van der Waals surface area contributed by atoms with E-state index in [2.05, 4.69) is 10.3 Å². The first-order valence-electron chi connectivity index (χ1n) is 7.58. The van der Waals surface area contributed by atoms with Crippen LogP contribution in [0.3, 0.4) is 0 Å². The van der Waals surface area contributed by atoms with Gasteiger partial charge in [-0.25, -0.2) is 9.78 Å². The molecular weight excluding hydrogens is 340 g/mol. The van der Waals surface area contributed by atoms with Crippen molar-refractivity contribution in [2.45, 2.75) is 6.54 Å². The first kappa shape index (κ1) is 17.0. The summed E-state index contributed by atoms with van der Waals surface area (Å²) < 4.78 is 16.3. The van der Waals surface area contributed by atoms with Gasteiger partial charge in [-0.2, -0.15) is 0 Å². The number of hydrogen-bond donors (Lipinski definition) is 1. The molecule has 3 aromatic rings. The van der Waals surface area contributed by atoms with Crippen molar-refractivity contribution in [1.29, 1.82) is 0 Å². The SMILES string of the molecule is COC(=O)c1cc2ccnc(NCc3ccc(OC)cc3OC)c2s1. The predicted octanol–water partition coefficient (Wildman–Crippen LogP) is 3.71. The number of methoxy groups -OCH3 is 3. The van der Waals surface area contributed by atoms with Crippen LogP contribution in [0.15, 0.2) is 36.5 Å². The summed E-state index contributed by atoms with van der Waals surface area (Å²) in [7, 11) is 4.62. The Hall–Kier alpha value is -2.80. The van der Waals surface area contributed by atoms with Crippen molar-refractivity contribution < 1.29 is 19.0 Å². The van der Waals surface area contributed by atoms with E-state index in [0.29, 0.717) is 11.4 Å². The van der Waals surface area contributed by atoms with Crippen LogP contribution in [0.4, 0.5) is 5.82 Å². The third-order valence-electron chi connectivity index (χ3n) is 3.76. The molecule has 0 aliphatic carbocycles. The Kier molecular flexibility index (Phi) is 5.04. The third kappa shape index (κ3) is 3.51. The van der Waals surface area contributed by atoms with Gasteiger partial charge in [0.2, 0.25) is 0 Å². The number of thiophene rings is 1. The minimum Gasteiger partial charge on any atom is -0.497 e. The van der Waals surface area contributed by atoms with Gasteiger partial charge in [0.25, 0.3) is 0 Å². The summed E-state index contributed by atoms with van der Waals surface area (Å²) in [5.41, 5.74) is 0.979. The number of aromatic nitrogens is 1. The number of pyridine rings is 1. The molecule has 25 heavy (non-hydrogen) atoms. The van der Waals surface area contributed by atoms with Crippen molar-refractivity contribution in [1.82, 2.24) is 4.98 Å². The second kappa shape index (κ2) is 7.40. The summed E-state index contributed by atoms with van der Waals surface area (Å²) in [5.74, 6) is 1.85. The lowest BCUT2D eigenvalue weighted by Crippen LogP contribution is -2.03. The van der Waals surface area contributed by atoms with Gasteiger partial charge in [-0.3, -0.25) is 0 Å². The number of carbonyl (C=O) groups excluding carboxylic acids is 1. The first-order valence-corrected chi connectivity index (χ1v) is 8.39. The number of carbonyl (C=O) groups is 1. The highest BCUT2D eigenvalue weighted by Crippen LogP contribution is 2.32. The van der Waals surface area contributed by atoms with Crippen LogP contribution >= 0.6 is 11.3 Å².